The molecule has 0 bridgehead atoms. The van der Waals surface area contributed by atoms with Crippen molar-refractivity contribution in [3.63, 3.8) is 0 Å². The van der Waals surface area contributed by atoms with Crippen LogP contribution in [0.4, 0.5) is 0 Å². The van der Waals surface area contributed by atoms with Gasteiger partial charge < -0.3 is 19.3 Å². The molecular formula is C27H48BrN3O8SSi2. The molecular weight excluding hydrogens is 662 g/mol. The summed E-state index contributed by atoms with van der Waals surface area (Å²) in [5, 5.41) is 1.07. The van der Waals surface area contributed by atoms with Crippen LogP contribution in [0.5, 0.6) is 0 Å². The maximum absolute atomic E-state index is 13.9. The van der Waals surface area contributed by atoms with Crippen molar-refractivity contribution in [1.29, 1.82) is 0 Å². The summed E-state index contributed by atoms with van der Waals surface area (Å²) < 4.78 is 54.3. The first-order valence-corrected chi connectivity index (χ1v) is 22.6. The smallest absolute Gasteiger partial charge is 0.333 e. The van der Waals surface area contributed by atoms with Crippen LogP contribution in [0.25, 0.3) is 0 Å². The first-order valence-electron chi connectivity index (χ1n) is 14.2. The van der Waals surface area contributed by atoms with E-state index in [4.69, 9.17) is 23.5 Å². The Morgan fingerprint density at radius 1 is 1.07 bits per heavy atom. The van der Waals surface area contributed by atoms with Crippen LogP contribution in [-0.4, -0.2) is 63.9 Å². The van der Waals surface area contributed by atoms with Crippen LogP contribution in [0, 0.1) is 6.92 Å². The lowest BCUT2D eigenvalue weighted by molar-refractivity contribution is -0.0567. The molecule has 0 radical (unpaired) electrons. The predicted molar refractivity (Wildman–Crippen MR) is 172 cm³/mol. The van der Waals surface area contributed by atoms with Crippen molar-refractivity contribution in [2.75, 3.05) is 11.9 Å². The fourth-order valence-corrected chi connectivity index (χ4v) is 8.33. The van der Waals surface area contributed by atoms with E-state index in [0.29, 0.717) is 17.3 Å². The molecule has 1 aromatic rings. The van der Waals surface area contributed by atoms with Crippen LogP contribution in [0.3, 0.4) is 0 Å². The second-order valence-electron chi connectivity index (χ2n) is 14.3. The maximum atomic E-state index is 13.9. The number of halogens is 1. The van der Waals surface area contributed by atoms with Crippen molar-refractivity contribution >= 4 is 42.7 Å². The highest BCUT2D eigenvalue weighted by molar-refractivity contribution is 9.09. The predicted octanol–water partition coefficient (Wildman–Crippen LogP) is 4.31. The van der Waals surface area contributed by atoms with E-state index < -0.39 is 62.0 Å². The molecule has 2 aliphatic heterocycles. The number of alkyl halides is 1. The van der Waals surface area contributed by atoms with Gasteiger partial charge in [0.1, 0.15) is 12.2 Å². The summed E-state index contributed by atoms with van der Waals surface area (Å²) in [6, 6.07) is 0. The van der Waals surface area contributed by atoms with E-state index in [1.807, 2.05) is 13.1 Å². The summed E-state index contributed by atoms with van der Waals surface area (Å²) in [6.07, 6.45) is -1.34. The molecule has 0 aliphatic carbocycles. The zero-order valence-electron chi connectivity index (χ0n) is 26.7. The minimum absolute atomic E-state index is 0.0363. The number of hydrogen-bond donors (Lipinski definition) is 1. The Bertz CT molecular complexity index is 1440. The van der Waals surface area contributed by atoms with Gasteiger partial charge in [-0.05, 0) is 49.6 Å². The van der Waals surface area contributed by atoms with Gasteiger partial charge in [0.05, 0.1) is 17.7 Å². The number of aromatic nitrogens is 2. The van der Waals surface area contributed by atoms with Crippen molar-refractivity contribution in [2.24, 2.45) is 5.73 Å². The van der Waals surface area contributed by atoms with Crippen LogP contribution in [0.1, 0.15) is 59.8 Å². The lowest BCUT2D eigenvalue weighted by Gasteiger charge is -2.43. The highest BCUT2D eigenvalue weighted by Crippen LogP contribution is 2.52. The van der Waals surface area contributed by atoms with Crippen LogP contribution in [0.15, 0.2) is 26.9 Å². The van der Waals surface area contributed by atoms with Gasteiger partial charge in [0.15, 0.2) is 28.5 Å². The Morgan fingerprint density at radius 3 is 2.12 bits per heavy atom. The third-order valence-corrected chi connectivity index (χ3v) is 19.8. The molecule has 11 nitrogen and oxygen atoms in total. The van der Waals surface area contributed by atoms with Crippen molar-refractivity contribution in [2.45, 2.75) is 122 Å². The summed E-state index contributed by atoms with van der Waals surface area (Å²) >= 11 is 3.36. The Morgan fingerprint density at radius 2 is 1.64 bits per heavy atom. The first-order chi connectivity index (χ1) is 18.9. The SMILES string of the molecule is Cc1cn(C2OC(CO[Si](C)(C)C(C)(C)C)C3(OS(=O)(=O)C=C3N)C2O[Si](C)(C)C(C)(C)C)c(=O)n(CCCBr)c1=O. The molecule has 2 aliphatic rings. The molecule has 42 heavy (non-hydrogen) atoms. The summed E-state index contributed by atoms with van der Waals surface area (Å²) in [5.74, 6) is 0. The molecule has 0 aromatic carbocycles. The summed E-state index contributed by atoms with van der Waals surface area (Å²) in [4.78, 5) is 26.9. The number of rotatable bonds is 9. The number of nitrogens with two attached hydrogens (primary N) is 1. The molecule has 1 aromatic heterocycles. The molecule has 3 heterocycles. The quantitative estimate of drug-likeness (QED) is 0.226. The largest absolute Gasteiger partial charge is 0.414 e. The third kappa shape index (κ3) is 6.48. The van der Waals surface area contributed by atoms with E-state index in [0.717, 1.165) is 5.41 Å². The van der Waals surface area contributed by atoms with Gasteiger partial charge in [0.2, 0.25) is 0 Å². The number of aryl methyl sites for hydroxylation is 1. The van der Waals surface area contributed by atoms with Gasteiger partial charge >= 0.3 is 5.69 Å². The zero-order chi connectivity index (χ0) is 32.3. The number of nitrogens with zero attached hydrogens (tertiary/aromatic N) is 2. The monoisotopic (exact) mass is 709 g/mol. The van der Waals surface area contributed by atoms with Crippen LogP contribution in [-0.2, 0) is 34.4 Å². The standard InChI is InChI=1S/C27H48BrN3O8SSi2/c1-18-15-31(24(33)30(22(18)32)14-12-13-28)23-21(38-42(10,11)26(5,6)7)27(19(29)17-40(34,35)39-27)20(37-23)16-36-41(8,9)25(2,3)4/h15,17,20-21,23H,12-14,16,29H2,1-11H3. The molecule has 2 N–H and O–H groups in total. The molecule has 0 amide bonds. The normalized spacial score (nSPS) is 26.7. The second-order valence-corrected chi connectivity index (χ2v) is 26.1. The van der Waals surface area contributed by atoms with Gasteiger partial charge in [-0.25, -0.2) is 8.98 Å². The second kappa shape index (κ2) is 11.7. The Labute approximate surface area is 260 Å². The van der Waals surface area contributed by atoms with Gasteiger partial charge in [-0.15, -0.1) is 0 Å². The van der Waals surface area contributed by atoms with E-state index in [2.05, 4.69) is 70.6 Å². The fourth-order valence-electron chi connectivity index (χ4n) is 4.57. The summed E-state index contributed by atoms with van der Waals surface area (Å²) in [6.45, 7) is 22.4. The lowest BCUT2D eigenvalue weighted by atomic mass is 9.89. The van der Waals surface area contributed by atoms with E-state index in [1.54, 1.807) is 6.92 Å². The van der Waals surface area contributed by atoms with Crippen LogP contribution in [0.2, 0.25) is 36.3 Å². The van der Waals surface area contributed by atoms with Crippen molar-refractivity contribution in [1.82, 2.24) is 9.13 Å². The lowest BCUT2D eigenvalue weighted by Crippen LogP contribution is -2.59. The topological polar surface area (TPSA) is 141 Å². The molecule has 240 valence electrons. The average molecular weight is 711 g/mol. The van der Waals surface area contributed by atoms with Crippen LogP contribution < -0.4 is 17.0 Å². The minimum Gasteiger partial charge on any atom is -0.414 e. The third-order valence-electron chi connectivity index (χ3n) is 9.23. The first kappa shape index (κ1) is 35.4. The maximum Gasteiger partial charge on any atom is 0.333 e. The highest BCUT2D eigenvalue weighted by atomic mass is 79.9. The van der Waals surface area contributed by atoms with Crippen LogP contribution >= 0.6 is 15.9 Å². The van der Waals surface area contributed by atoms with E-state index >= 15 is 0 Å². The number of hydrogen-bond acceptors (Lipinski definition) is 9. The van der Waals surface area contributed by atoms with E-state index in [1.165, 1.54) is 15.3 Å². The van der Waals surface area contributed by atoms with Gasteiger partial charge in [-0.3, -0.25) is 13.9 Å². The average Bonchev–Trinajstić information content (AvgIpc) is 3.25. The Kier molecular flexibility index (Phi) is 9.86. The zero-order valence-corrected chi connectivity index (χ0v) is 31.1. The van der Waals surface area contributed by atoms with Gasteiger partial charge in [0.25, 0.3) is 15.7 Å². The molecule has 1 saturated heterocycles. The molecule has 1 spiro atoms. The summed E-state index contributed by atoms with van der Waals surface area (Å²) in [5.41, 5.74) is 4.01. The van der Waals surface area contributed by atoms with Gasteiger partial charge in [-0.2, -0.15) is 8.42 Å². The van der Waals surface area contributed by atoms with Crippen molar-refractivity contribution in [3.05, 3.63) is 43.7 Å². The highest BCUT2D eigenvalue weighted by Gasteiger charge is 2.67. The number of ether oxygens (including phenoxy) is 1. The molecule has 4 unspecified atom stereocenters. The van der Waals surface area contributed by atoms with Gasteiger partial charge in [-0.1, -0.05) is 57.5 Å². The van der Waals surface area contributed by atoms with Crippen molar-refractivity contribution in [3.8, 4) is 0 Å². The molecule has 0 saturated carbocycles. The van der Waals surface area contributed by atoms with E-state index in [-0.39, 0.29) is 28.9 Å². The minimum atomic E-state index is -4.20. The van der Waals surface area contributed by atoms with Gasteiger partial charge in [0, 0.05) is 23.6 Å². The Balaban J connectivity index is 2.29. The summed E-state index contributed by atoms with van der Waals surface area (Å²) in [7, 11) is -9.22. The molecule has 4 atom stereocenters. The van der Waals surface area contributed by atoms with E-state index in [9.17, 15) is 18.0 Å². The fraction of sp³-hybridized carbons (Fsp3) is 0.778. The van der Waals surface area contributed by atoms with Crippen molar-refractivity contribution < 1.29 is 26.2 Å². The molecule has 15 heteroatoms. The molecule has 1 fully saturated rings. The molecule has 3 rings (SSSR count). The Hall–Kier alpha value is -1.08.